The summed E-state index contributed by atoms with van der Waals surface area (Å²) in [6.07, 6.45) is 2.55. The van der Waals surface area contributed by atoms with E-state index in [9.17, 15) is 0 Å². The molecule has 1 rings (SSSR count). The molecule has 20 heavy (non-hydrogen) atoms. The lowest BCUT2D eigenvalue weighted by molar-refractivity contribution is 0.118. The average molecular weight is 282 g/mol. The highest BCUT2D eigenvalue weighted by atomic mass is 16.5. The predicted molar refractivity (Wildman–Crippen MR) is 81.5 cm³/mol. The maximum atomic E-state index is 5.52. The molecular weight excluding hydrogens is 256 g/mol. The minimum atomic E-state index is 0.549. The van der Waals surface area contributed by atoms with Gasteiger partial charge >= 0.3 is 0 Å². The normalized spacial score (nSPS) is 10.7. The van der Waals surface area contributed by atoms with Crippen LogP contribution >= 0.6 is 0 Å². The van der Waals surface area contributed by atoms with Gasteiger partial charge in [0.25, 0.3) is 0 Å². The van der Waals surface area contributed by atoms with Crippen LogP contribution in [0.2, 0.25) is 0 Å². The molecule has 2 N–H and O–H groups in total. The molecule has 0 bridgehead atoms. The molecule has 0 saturated heterocycles. The van der Waals surface area contributed by atoms with Crippen LogP contribution in [0.15, 0.2) is 6.33 Å². The second-order valence-electron chi connectivity index (χ2n) is 4.93. The second-order valence-corrected chi connectivity index (χ2v) is 4.93. The van der Waals surface area contributed by atoms with E-state index >= 15 is 0 Å². The minimum Gasteiger partial charge on any atom is -0.490 e. The van der Waals surface area contributed by atoms with Gasteiger partial charge in [-0.1, -0.05) is 20.8 Å². The third kappa shape index (κ3) is 5.61. The molecule has 1 heterocycles. The molecule has 0 aliphatic carbocycles. The summed E-state index contributed by atoms with van der Waals surface area (Å²) in [5, 5.41) is 6.44. The van der Waals surface area contributed by atoms with E-state index in [0.717, 1.165) is 25.4 Å². The van der Waals surface area contributed by atoms with Gasteiger partial charge in [-0.15, -0.1) is 0 Å². The summed E-state index contributed by atoms with van der Waals surface area (Å²) in [7, 11) is 1.62. The van der Waals surface area contributed by atoms with Gasteiger partial charge in [-0.25, -0.2) is 9.97 Å². The standard InChI is InChI=1S/C14H26N4O2/c1-5-6-15-13-12(19-4)14(18-10-17-13)16-7-8-20-9-11(2)3/h10-11H,5-9H2,1-4H3,(H2,15,16,17,18). The van der Waals surface area contributed by atoms with Crippen molar-refractivity contribution in [1.29, 1.82) is 0 Å². The summed E-state index contributed by atoms with van der Waals surface area (Å²) in [6.45, 7) is 9.32. The van der Waals surface area contributed by atoms with E-state index in [1.807, 2.05) is 0 Å². The van der Waals surface area contributed by atoms with E-state index in [0.29, 0.717) is 30.6 Å². The largest absolute Gasteiger partial charge is 0.490 e. The van der Waals surface area contributed by atoms with Crippen molar-refractivity contribution in [2.45, 2.75) is 27.2 Å². The molecule has 1 aromatic heterocycles. The number of hydrogen-bond acceptors (Lipinski definition) is 6. The van der Waals surface area contributed by atoms with E-state index in [2.05, 4.69) is 41.4 Å². The van der Waals surface area contributed by atoms with Crippen LogP contribution in [0.3, 0.4) is 0 Å². The van der Waals surface area contributed by atoms with Crippen molar-refractivity contribution < 1.29 is 9.47 Å². The van der Waals surface area contributed by atoms with Gasteiger partial charge in [0.2, 0.25) is 5.75 Å². The van der Waals surface area contributed by atoms with Crippen LogP contribution in [0.5, 0.6) is 5.75 Å². The monoisotopic (exact) mass is 282 g/mol. The van der Waals surface area contributed by atoms with E-state index in [-0.39, 0.29) is 0 Å². The fraction of sp³-hybridized carbons (Fsp3) is 0.714. The van der Waals surface area contributed by atoms with Gasteiger partial charge in [-0.2, -0.15) is 0 Å². The Morgan fingerprint density at radius 1 is 1.15 bits per heavy atom. The summed E-state index contributed by atoms with van der Waals surface area (Å²) < 4.78 is 10.9. The summed E-state index contributed by atoms with van der Waals surface area (Å²) in [5.74, 6) is 2.60. The van der Waals surface area contributed by atoms with Crippen molar-refractivity contribution in [2.24, 2.45) is 5.92 Å². The number of nitrogens with one attached hydrogen (secondary N) is 2. The fourth-order valence-corrected chi connectivity index (χ4v) is 1.62. The Morgan fingerprint density at radius 2 is 1.80 bits per heavy atom. The molecule has 0 radical (unpaired) electrons. The molecule has 0 spiro atoms. The van der Waals surface area contributed by atoms with Gasteiger partial charge in [-0.05, 0) is 12.3 Å². The zero-order valence-corrected chi connectivity index (χ0v) is 12.9. The smallest absolute Gasteiger partial charge is 0.204 e. The molecule has 1 aromatic rings. The number of ether oxygens (including phenoxy) is 2. The Balaban J connectivity index is 2.51. The molecule has 0 unspecified atom stereocenters. The number of aromatic nitrogens is 2. The lowest BCUT2D eigenvalue weighted by atomic mass is 10.2. The lowest BCUT2D eigenvalue weighted by Crippen LogP contribution is -2.14. The fourth-order valence-electron chi connectivity index (χ4n) is 1.62. The van der Waals surface area contributed by atoms with Crippen molar-refractivity contribution in [1.82, 2.24) is 9.97 Å². The molecule has 0 aliphatic heterocycles. The number of anilines is 2. The Hall–Kier alpha value is -1.56. The van der Waals surface area contributed by atoms with Crippen LogP contribution in [-0.2, 0) is 4.74 Å². The first-order valence-corrected chi connectivity index (χ1v) is 7.13. The van der Waals surface area contributed by atoms with Crippen molar-refractivity contribution in [3.8, 4) is 5.75 Å². The molecule has 0 aliphatic rings. The van der Waals surface area contributed by atoms with Crippen LogP contribution in [0.4, 0.5) is 11.6 Å². The van der Waals surface area contributed by atoms with Crippen LogP contribution in [-0.4, -0.2) is 43.4 Å². The Labute approximate surface area is 121 Å². The first-order chi connectivity index (χ1) is 9.69. The second kappa shape index (κ2) is 9.36. The van der Waals surface area contributed by atoms with E-state index in [1.165, 1.54) is 6.33 Å². The quantitative estimate of drug-likeness (QED) is 0.642. The number of hydrogen-bond donors (Lipinski definition) is 2. The number of methoxy groups -OCH3 is 1. The van der Waals surface area contributed by atoms with Crippen molar-refractivity contribution in [2.75, 3.05) is 44.0 Å². The Kier molecular flexibility index (Phi) is 7.72. The minimum absolute atomic E-state index is 0.549. The van der Waals surface area contributed by atoms with Gasteiger partial charge in [0.1, 0.15) is 6.33 Å². The van der Waals surface area contributed by atoms with Gasteiger partial charge in [-0.3, -0.25) is 0 Å². The molecule has 114 valence electrons. The van der Waals surface area contributed by atoms with Gasteiger partial charge in [0.15, 0.2) is 11.6 Å². The summed E-state index contributed by atoms with van der Waals surface area (Å²) in [4.78, 5) is 8.41. The summed E-state index contributed by atoms with van der Waals surface area (Å²) in [5.41, 5.74) is 0. The van der Waals surface area contributed by atoms with Gasteiger partial charge < -0.3 is 20.1 Å². The molecule has 0 amide bonds. The third-order valence-corrected chi connectivity index (χ3v) is 2.54. The van der Waals surface area contributed by atoms with Crippen LogP contribution in [0.25, 0.3) is 0 Å². The molecular formula is C14H26N4O2. The van der Waals surface area contributed by atoms with Crippen LogP contribution < -0.4 is 15.4 Å². The van der Waals surface area contributed by atoms with Crippen molar-refractivity contribution >= 4 is 11.6 Å². The summed E-state index contributed by atoms with van der Waals surface area (Å²) >= 11 is 0. The molecule has 0 fully saturated rings. The highest BCUT2D eigenvalue weighted by molar-refractivity contribution is 5.63. The topological polar surface area (TPSA) is 68.3 Å². The van der Waals surface area contributed by atoms with Crippen LogP contribution in [0.1, 0.15) is 27.2 Å². The maximum absolute atomic E-state index is 5.52. The SMILES string of the molecule is CCCNc1ncnc(NCCOCC(C)C)c1OC. The predicted octanol–water partition coefficient (Wildman–Crippen LogP) is 2.39. The molecule has 0 saturated carbocycles. The highest BCUT2D eigenvalue weighted by Gasteiger charge is 2.11. The first-order valence-electron chi connectivity index (χ1n) is 7.13. The third-order valence-electron chi connectivity index (χ3n) is 2.54. The zero-order valence-electron chi connectivity index (χ0n) is 12.9. The van der Waals surface area contributed by atoms with Gasteiger partial charge in [0, 0.05) is 19.7 Å². The van der Waals surface area contributed by atoms with E-state index < -0.39 is 0 Å². The van der Waals surface area contributed by atoms with Gasteiger partial charge in [0.05, 0.1) is 13.7 Å². The number of rotatable bonds is 10. The van der Waals surface area contributed by atoms with Crippen LogP contribution in [0, 0.1) is 5.92 Å². The molecule has 6 heteroatoms. The Bertz CT molecular complexity index is 385. The summed E-state index contributed by atoms with van der Waals surface area (Å²) in [6, 6.07) is 0. The molecule has 0 atom stereocenters. The molecule has 6 nitrogen and oxygen atoms in total. The van der Waals surface area contributed by atoms with E-state index in [1.54, 1.807) is 7.11 Å². The van der Waals surface area contributed by atoms with Crippen molar-refractivity contribution in [3.63, 3.8) is 0 Å². The maximum Gasteiger partial charge on any atom is 0.204 e. The zero-order chi connectivity index (χ0) is 14.8. The average Bonchev–Trinajstić information content (AvgIpc) is 2.44. The highest BCUT2D eigenvalue weighted by Crippen LogP contribution is 2.28. The number of nitrogens with zero attached hydrogens (tertiary/aromatic N) is 2. The first kappa shape index (κ1) is 16.5. The lowest BCUT2D eigenvalue weighted by Gasteiger charge is -2.14. The van der Waals surface area contributed by atoms with E-state index in [4.69, 9.17) is 9.47 Å². The Morgan fingerprint density at radius 3 is 2.35 bits per heavy atom. The van der Waals surface area contributed by atoms with Crippen molar-refractivity contribution in [3.05, 3.63) is 6.33 Å². The molecule has 0 aromatic carbocycles.